The Balaban J connectivity index is 2.05. The zero-order valence-corrected chi connectivity index (χ0v) is 10.4. The molecule has 0 aliphatic carbocycles. The van der Waals surface area contributed by atoms with E-state index in [9.17, 15) is 0 Å². The molecule has 0 radical (unpaired) electrons. The fraction of sp³-hybridized carbons (Fsp3) is 0.750. The molecule has 1 atom stereocenters. The van der Waals surface area contributed by atoms with Gasteiger partial charge in [-0.15, -0.1) is 11.3 Å². The van der Waals surface area contributed by atoms with Gasteiger partial charge < -0.3 is 5.32 Å². The summed E-state index contributed by atoms with van der Waals surface area (Å²) in [4.78, 5) is 4.41. The van der Waals surface area contributed by atoms with Crippen molar-refractivity contribution in [3.8, 4) is 0 Å². The van der Waals surface area contributed by atoms with Gasteiger partial charge in [0.2, 0.25) is 0 Å². The second kappa shape index (κ2) is 4.62. The van der Waals surface area contributed by atoms with Gasteiger partial charge in [0.15, 0.2) is 0 Å². The van der Waals surface area contributed by atoms with Crippen LogP contribution >= 0.6 is 11.3 Å². The third-order valence-corrected chi connectivity index (χ3v) is 3.77. The van der Waals surface area contributed by atoms with Gasteiger partial charge in [0.05, 0.1) is 11.2 Å². The molecule has 1 aliphatic heterocycles. The first-order valence-corrected chi connectivity index (χ1v) is 6.77. The second-order valence-corrected chi connectivity index (χ2v) is 5.78. The predicted octanol–water partition coefficient (Wildman–Crippen LogP) is 2.85. The fourth-order valence-electron chi connectivity index (χ4n) is 2.72. The predicted molar refractivity (Wildman–Crippen MR) is 65.2 cm³/mol. The molecule has 0 spiro atoms. The van der Waals surface area contributed by atoms with Crippen molar-refractivity contribution in [3.05, 3.63) is 16.6 Å². The third-order valence-electron chi connectivity index (χ3n) is 3.13. The number of nitrogens with one attached hydrogen (secondary N) is 1. The van der Waals surface area contributed by atoms with E-state index in [1.165, 1.54) is 31.5 Å². The van der Waals surface area contributed by atoms with Crippen LogP contribution in [-0.2, 0) is 6.42 Å². The molecule has 1 aromatic heterocycles. The number of thiazole rings is 1. The maximum atomic E-state index is 4.41. The van der Waals surface area contributed by atoms with E-state index in [0.29, 0.717) is 5.54 Å². The third kappa shape index (κ3) is 2.79. The quantitative estimate of drug-likeness (QED) is 0.850. The van der Waals surface area contributed by atoms with Gasteiger partial charge in [-0.05, 0) is 31.7 Å². The van der Waals surface area contributed by atoms with Crippen molar-refractivity contribution in [1.29, 1.82) is 0 Å². The van der Waals surface area contributed by atoms with Gasteiger partial charge in [-0.1, -0.05) is 13.8 Å². The number of nitrogens with zero attached hydrogens (tertiary/aromatic N) is 1. The molecule has 1 fully saturated rings. The van der Waals surface area contributed by atoms with Crippen LogP contribution in [-0.4, -0.2) is 17.1 Å². The van der Waals surface area contributed by atoms with E-state index in [1.807, 2.05) is 5.51 Å². The van der Waals surface area contributed by atoms with Crippen molar-refractivity contribution in [3.63, 3.8) is 0 Å². The highest BCUT2D eigenvalue weighted by Gasteiger charge is 2.34. The van der Waals surface area contributed by atoms with Crippen LogP contribution in [0.25, 0.3) is 0 Å². The Bertz CT molecular complexity index is 287. The normalized spacial score (nSPS) is 26.3. The van der Waals surface area contributed by atoms with E-state index in [1.54, 1.807) is 11.3 Å². The minimum atomic E-state index is 0.336. The zero-order chi connectivity index (χ0) is 10.7. The van der Waals surface area contributed by atoms with Crippen molar-refractivity contribution in [2.45, 2.75) is 45.1 Å². The lowest BCUT2D eigenvalue weighted by Crippen LogP contribution is -2.43. The molecule has 84 valence electrons. The van der Waals surface area contributed by atoms with E-state index in [0.717, 1.165) is 12.3 Å². The van der Waals surface area contributed by atoms with E-state index in [4.69, 9.17) is 0 Å². The lowest BCUT2D eigenvalue weighted by atomic mass is 9.84. The molecule has 1 saturated heterocycles. The summed E-state index contributed by atoms with van der Waals surface area (Å²) in [7, 11) is 0. The minimum Gasteiger partial charge on any atom is -0.311 e. The molecule has 1 aliphatic rings. The summed E-state index contributed by atoms with van der Waals surface area (Å²) >= 11 is 1.70. The molecule has 2 heterocycles. The highest BCUT2D eigenvalue weighted by molar-refractivity contribution is 7.07. The molecule has 15 heavy (non-hydrogen) atoms. The topological polar surface area (TPSA) is 24.9 Å². The van der Waals surface area contributed by atoms with Crippen molar-refractivity contribution in [2.24, 2.45) is 5.92 Å². The summed E-state index contributed by atoms with van der Waals surface area (Å²) in [6.45, 7) is 5.79. The largest absolute Gasteiger partial charge is 0.311 e. The van der Waals surface area contributed by atoms with Crippen molar-refractivity contribution in [2.75, 3.05) is 6.54 Å². The molecule has 2 rings (SSSR count). The van der Waals surface area contributed by atoms with Crippen LogP contribution in [0.3, 0.4) is 0 Å². The molecule has 1 aromatic rings. The van der Waals surface area contributed by atoms with Crippen molar-refractivity contribution < 1.29 is 0 Å². The lowest BCUT2D eigenvalue weighted by molar-refractivity contribution is 0.299. The SMILES string of the molecule is CC(C)CC1(Cc2cscn2)CCCN1. The van der Waals surface area contributed by atoms with Crippen molar-refractivity contribution in [1.82, 2.24) is 10.3 Å². The molecular formula is C12H20N2S. The number of aromatic nitrogens is 1. The Morgan fingerprint density at radius 3 is 3.00 bits per heavy atom. The average molecular weight is 224 g/mol. The summed E-state index contributed by atoms with van der Waals surface area (Å²) in [5.41, 5.74) is 3.53. The van der Waals surface area contributed by atoms with Crippen LogP contribution in [0.1, 0.15) is 38.8 Å². The van der Waals surface area contributed by atoms with Gasteiger partial charge in [-0.25, -0.2) is 4.98 Å². The summed E-state index contributed by atoms with van der Waals surface area (Å²) in [5.74, 6) is 0.759. The fourth-order valence-corrected chi connectivity index (χ4v) is 3.28. The molecule has 0 amide bonds. The molecular weight excluding hydrogens is 204 g/mol. The Labute approximate surface area is 96.1 Å². The standard InChI is InChI=1S/C12H20N2S/c1-10(2)6-12(4-3-5-14-12)7-11-8-15-9-13-11/h8-10,14H,3-7H2,1-2H3. The van der Waals surface area contributed by atoms with Gasteiger partial charge in [0, 0.05) is 17.3 Å². The number of rotatable bonds is 4. The summed E-state index contributed by atoms with van der Waals surface area (Å²) in [6.07, 6.45) is 5.00. The van der Waals surface area contributed by atoms with Gasteiger partial charge in [-0.2, -0.15) is 0 Å². The highest BCUT2D eigenvalue weighted by atomic mass is 32.1. The Morgan fingerprint density at radius 2 is 2.47 bits per heavy atom. The summed E-state index contributed by atoms with van der Waals surface area (Å²) < 4.78 is 0. The average Bonchev–Trinajstić information content (AvgIpc) is 2.76. The molecule has 2 nitrogen and oxygen atoms in total. The molecule has 1 unspecified atom stereocenters. The van der Waals surface area contributed by atoms with Crippen molar-refractivity contribution >= 4 is 11.3 Å². The van der Waals surface area contributed by atoms with E-state index in [2.05, 4.69) is 29.5 Å². The van der Waals surface area contributed by atoms with E-state index in [-0.39, 0.29) is 0 Å². The van der Waals surface area contributed by atoms with Gasteiger partial charge in [-0.3, -0.25) is 0 Å². The van der Waals surface area contributed by atoms with Crippen LogP contribution in [0, 0.1) is 5.92 Å². The smallest absolute Gasteiger partial charge is 0.0794 e. The number of hydrogen-bond donors (Lipinski definition) is 1. The maximum absolute atomic E-state index is 4.41. The van der Waals surface area contributed by atoms with Gasteiger partial charge in [0.1, 0.15) is 0 Å². The highest BCUT2D eigenvalue weighted by Crippen LogP contribution is 2.30. The summed E-state index contributed by atoms with van der Waals surface area (Å²) in [6, 6.07) is 0. The van der Waals surface area contributed by atoms with Gasteiger partial charge >= 0.3 is 0 Å². The maximum Gasteiger partial charge on any atom is 0.0794 e. The Morgan fingerprint density at radius 1 is 1.60 bits per heavy atom. The van der Waals surface area contributed by atoms with Gasteiger partial charge in [0.25, 0.3) is 0 Å². The van der Waals surface area contributed by atoms with Crippen LogP contribution in [0.4, 0.5) is 0 Å². The molecule has 0 saturated carbocycles. The van der Waals surface area contributed by atoms with E-state index < -0.39 is 0 Å². The monoisotopic (exact) mass is 224 g/mol. The number of hydrogen-bond acceptors (Lipinski definition) is 3. The van der Waals surface area contributed by atoms with Crippen LogP contribution < -0.4 is 5.32 Å². The van der Waals surface area contributed by atoms with Crippen LogP contribution in [0.5, 0.6) is 0 Å². The Kier molecular flexibility index (Phi) is 3.42. The zero-order valence-electron chi connectivity index (χ0n) is 9.62. The first-order valence-electron chi connectivity index (χ1n) is 5.82. The van der Waals surface area contributed by atoms with Crippen LogP contribution in [0.2, 0.25) is 0 Å². The molecule has 0 aromatic carbocycles. The molecule has 3 heteroatoms. The minimum absolute atomic E-state index is 0.336. The summed E-state index contributed by atoms with van der Waals surface area (Å²) in [5, 5.41) is 5.89. The van der Waals surface area contributed by atoms with Crippen LogP contribution in [0.15, 0.2) is 10.9 Å². The van der Waals surface area contributed by atoms with E-state index >= 15 is 0 Å². The second-order valence-electron chi connectivity index (χ2n) is 5.07. The first-order chi connectivity index (χ1) is 7.20. The lowest BCUT2D eigenvalue weighted by Gasteiger charge is -2.30. The first kappa shape index (κ1) is 11.1. The molecule has 0 bridgehead atoms. The molecule has 1 N–H and O–H groups in total. The Hall–Kier alpha value is -0.410.